The number of aromatic nitrogens is 2. The second-order valence-electron chi connectivity index (χ2n) is 5.71. The lowest BCUT2D eigenvalue weighted by molar-refractivity contribution is -0.120. The molecule has 2 N–H and O–H groups in total. The zero-order valence-corrected chi connectivity index (χ0v) is 14.6. The Morgan fingerprint density at radius 1 is 1.29 bits per heavy atom. The van der Waals surface area contributed by atoms with Crippen molar-refractivity contribution in [3.8, 4) is 0 Å². The Kier molecular flexibility index (Phi) is 9.29. The van der Waals surface area contributed by atoms with Crippen LogP contribution in [0.15, 0.2) is 0 Å². The highest BCUT2D eigenvalue weighted by molar-refractivity contribution is 5.85. The van der Waals surface area contributed by atoms with Gasteiger partial charge < -0.3 is 10.6 Å². The number of nitrogens with one attached hydrogen (secondary N) is 2. The van der Waals surface area contributed by atoms with Gasteiger partial charge in [-0.1, -0.05) is 13.8 Å². The quantitative estimate of drug-likeness (QED) is 0.720. The summed E-state index contributed by atoms with van der Waals surface area (Å²) >= 11 is 0. The summed E-state index contributed by atoms with van der Waals surface area (Å²) in [5.41, 5.74) is 3.15. The Balaban J connectivity index is 0.00000400. The van der Waals surface area contributed by atoms with E-state index in [9.17, 15) is 4.79 Å². The predicted molar refractivity (Wildman–Crippen MR) is 89.0 cm³/mol. The van der Waals surface area contributed by atoms with Crippen LogP contribution in [0.25, 0.3) is 0 Å². The van der Waals surface area contributed by atoms with Gasteiger partial charge in [0.25, 0.3) is 0 Å². The SMILES string of the molecule is CNCCCNC(=O)Cc1c(C)nn(CC(C)C)c1C.Cl. The largest absolute Gasteiger partial charge is 0.356 e. The molecule has 6 heteroatoms. The Hall–Kier alpha value is -1.07. The average Bonchev–Trinajstić information content (AvgIpc) is 2.62. The van der Waals surface area contributed by atoms with Crippen molar-refractivity contribution in [3.63, 3.8) is 0 Å². The number of amides is 1. The highest BCUT2D eigenvalue weighted by Gasteiger charge is 2.15. The van der Waals surface area contributed by atoms with Crippen molar-refractivity contribution in [1.82, 2.24) is 20.4 Å². The molecule has 0 bridgehead atoms. The van der Waals surface area contributed by atoms with E-state index in [0.717, 1.165) is 43.0 Å². The van der Waals surface area contributed by atoms with Gasteiger partial charge in [-0.3, -0.25) is 9.48 Å². The van der Waals surface area contributed by atoms with Crippen LogP contribution in [0, 0.1) is 19.8 Å². The zero-order valence-electron chi connectivity index (χ0n) is 13.8. The van der Waals surface area contributed by atoms with Gasteiger partial charge in [0.05, 0.1) is 12.1 Å². The van der Waals surface area contributed by atoms with Crippen molar-refractivity contribution in [1.29, 1.82) is 0 Å². The fourth-order valence-corrected chi connectivity index (χ4v) is 2.23. The first kappa shape index (κ1) is 19.9. The molecule has 0 aromatic carbocycles. The van der Waals surface area contributed by atoms with Crippen LogP contribution in [0.1, 0.15) is 37.2 Å². The fraction of sp³-hybridized carbons (Fsp3) is 0.733. The van der Waals surface area contributed by atoms with Gasteiger partial charge in [-0.05, 0) is 39.8 Å². The first-order chi connectivity index (χ1) is 9.45. The van der Waals surface area contributed by atoms with Crippen LogP contribution < -0.4 is 10.6 Å². The van der Waals surface area contributed by atoms with Gasteiger partial charge >= 0.3 is 0 Å². The highest BCUT2D eigenvalue weighted by atomic mass is 35.5. The van der Waals surface area contributed by atoms with Crippen molar-refractivity contribution in [3.05, 3.63) is 17.0 Å². The average molecular weight is 317 g/mol. The van der Waals surface area contributed by atoms with Gasteiger partial charge in [-0.2, -0.15) is 5.10 Å². The predicted octanol–water partition coefficient (Wildman–Crippen LogP) is 1.85. The van der Waals surface area contributed by atoms with E-state index in [1.807, 2.05) is 25.6 Å². The molecule has 1 aromatic heterocycles. The Labute approximate surface area is 134 Å². The standard InChI is InChI=1S/C15H28N4O.ClH/c1-11(2)10-19-13(4)14(12(3)18-19)9-15(20)17-8-6-7-16-5;/h11,16H,6-10H2,1-5H3,(H,17,20);1H. The van der Waals surface area contributed by atoms with Gasteiger partial charge in [0.1, 0.15) is 0 Å². The molecule has 0 saturated heterocycles. The molecule has 0 radical (unpaired) electrons. The molecule has 5 nitrogen and oxygen atoms in total. The Bertz CT molecular complexity index is 443. The monoisotopic (exact) mass is 316 g/mol. The molecule has 0 aliphatic carbocycles. The maximum Gasteiger partial charge on any atom is 0.224 e. The minimum atomic E-state index is 0. The van der Waals surface area contributed by atoms with Gasteiger partial charge in [0, 0.05) is 24.3 Å². The molecule has 21 heavy (non-hydrogen) atoms. The van der Waals surface area contributed by atoms with Crippen molar-refractivity contribution in [2.45, 2.75) is 47.1 Å². The molecule has 0 unspecified atom stereocenters. The van der Waals surface area contributed by atoms with E-state index < -0.39 is 0 Å². The topological polar surface area (TPSA) is 58.9 Å². The Morgan fingerprint density at radius 2 is 1.95 bits per heavy atom. The number of carbonyl (C=O) groups is 1. The van der Waals surface area contributed by atoms with E-state index in [1.165, 1.54) is 0 Å². The van der Waals surface area contributed by atoms with Crippen molar-refractivity contribution in [2.75, 3.05) is 20.1 Å². The minimum Gasteiger partial charge on any atom is -0.356 e. The van der Waals surface area contributed by atoms with Gasteiger partial charge in [0.15, 0.2) is 0 Å². The van der Waals surface area contributed by atoms with Crippen LogP contribution >= 0.6 is 12.4 Å². The van der Waals surface area contributed by atoms with E-state index in [0.29, 0.717) is 12.3 Å². The van der Waals surface area contributed by atoms with E-state index in [1.54, 1.807) is 0 Å². The number of halogens is 1. The Morgan fingerprint density at radius 3 is 2.52 bits per heavy atom. The van der Waals surface area contributed by atoms with E-state index >= 15 is 0 Å². The highest BCUT2D eigenvalue weighted by Crippen LogP contribution is 2.15. The van der Waals surface area contributed by atoms with Crippen molar-refractivity contribution >= 4 is 18.3 Å². The van der Waals surface area contributed by atoms with Gasteiger partial charge in [0.2, 0.25) is 5.91 Å². The number of carbonyl (C=O) groups excluding carboxylic acids is 1. The van der Waals surface area contributed by atoms with E-state index in [4.69, 9.17) is 0 Å². The van der Waals surface area contributed by atoms with E-state index in [-0.39, 0.29) is 18.3 Å². The van der Waals surface area contributed by atoms with E-state index in [2.05, 4.69) is 29.6 Å². The van der Waals surface area contributed by atoms with Crippen LogP contribution in [-0.2, 0) is 17.8 Å². The molecule has 0 atom stereocenters. The van der Waals surface area contributed by atoms with Crippen LogP contribution in [0.4, 0.5) is 0 Å². The minimum absolute atomic E-state index is 0. The molecule has 1 heterocycles. The second-order valence-corrected chi connectivity index (χ2v) is 5.71. The van der Waals surface area contributed by atoms with Crippen molar-refractivity contribution < 1.29 is 4.79 Å². The molecule has 0 aliphatic rings. The summed E-state index contributed by atoms with van der Waals surface area (Å²) in [7, 11) is 1.91. The first-order valence-corrected chi connectivity index (χ1v) is 7.39. The molecular formula is C15H29ClN4O. The number of nitrogens with zero attached hydrogens (tertiary/aromatic N) is 2. The van der Waals surface area contributed by atoms with Crippen LogP contribution in [0.5, 0.6) is 0 Å². The summed E-state index contributed by atoms with van der Waals surface area (Å²) < 4.78 is 2.02. The van der Waals surface area contributed by atoms with Crippen LogP contribution in [0.2, 0.25) is 0 Å². The lowest BCUT2D eigenvalue weighted by atomic mass is 10.1. The maximum atomic E-state index is 11.9. The third-order valence-corrected chi connectivity index (χ3v) is 3.33. The number of aryl methyl sites for hydroxylation is 1. The molecule has 122 valence electrons. The summed E-state index contributed by atoms with van der Waals surface area (Å²) in [5.74, 6) is 0.632. The third kappa shape index (κ3) is 6.48. The molecule has 1 aromatic rings. The summed E-state index contributed by atoms with van der Waals surface area (Å²) in [5, 5.41) is 10.6. The van der Waals surface area contributed by atoms with Gasteiger partial charge in [-0.25, -0.2) is 0 Å². The smallest absolute Gasteiger partial charge is 0.224 e. The zero-order chi connectivity index (χ0) is 15.1. The fourth-order valence-electron chi connectivity index (χ4n) is 2.23. The molecular weight excluding hydrogens is 288 g/mol. The molecule has 0 spiro atoms. The molecule has 0 fully saturated rings. The summed E-state index contributed by atoms with van der Waals surface area (Å²) in [4.78, 5) is 11.9. The summed E-state index contributed by atoms with van der Waals surface area (Å²) in [6.07, 6.45) is 1.38. The first-order valence-electron chi connectivity index (χ1n) is 7.39. The van der Waals surface area contributed by atoms with Crippen molar-refractivity contribution in [2.24, 2.45) is 5.92 Å². The number of rotatable bonds is 8. The lowest BCUT2D eigenvalue weighted by Gasteiger charge is -2.08. The molecule has 0 aliphatic heterocycles. The van der Waals surface area contributed by atoms with Gasteiger partial charge in [-0.15, -0.1) is 12.4 Å². The summed E-state index contributed by atoms with van der Waals surface area (Å²) in [6, 6.07) is 0. The number of hydrogen-bond acceptors (Lipinski definition) is 3. The third-order valence-electron chi connectivity index (χ3n) is 3.33. The van der Waals surface area contributed by atoms with Crippen LogP contribution in [-0.4, -0.2) is 35.8 Å². The molecule has 1 amide bonds. The number of hydrogen-bond donors (Lipinski definition) is 2. The normalized spacial score (nSPS) is 10.6. The molecule has 0 saturated carbocycles. The maximum absolute atomic E-state index is 11.9. The van der Waals surface area contributed by atoms with Crippen LogP contribution in [0.3, 0.4) is 0 Å². The second kappa shape index (κ2) is 9.79. The molecule has 1 rings (SSSR count). The summed E-state index contributed by atoms with van der Waals surface area (Å²) in [6.45, 7) is 10.9. The lowest BCUT2D eigenvalue weighted by Crippen LogP contribution is -2.28.